The minimum atomic E-state index is -4.61. The van der Waals surface area contributed by atoms with Gasteiger partial charge in [-0.1, -0.05) is 0 Å². The highest BCUT2D eigenvalue weighted by Gasteiger charge is 2.59. The van der Waals surface area contributed by atoms with Gasteiger partial charge in [0.1, 0.15) is 6.04 Å². The van der Waals surface area contributed by atoms with E-state index in [1.165, 1.54) is 17.0 Å². The molecule has 1 aromatic heterocycles. The van der Waals surface area contributed by atoms with E-state index in [1.54, 1.807) is 0 Å². The molecule has 2 aliphatic heterocycles. The number of β-lactam (4-membered cyclic amide) rings is 1. The van der Waals surface area contributed by atoms with Crippen LogP contribution in [0.25, 0.3) is 0 Å². The summed E-state index contributed by atoms with van der Waals surface area (Å²) in [5, 5.41) is 5.71. The fourth-order valence-corrected chi connectivity index (χ4v) is 3.62. The van der Waals surface area contributed by atoms with E-state index in [0.717, 1.165) is 0 Å². The lowest BCUT2D eigenvalue weighted by atomic mass is 10.0. The molecule has 12 heteroatoms. The first kappa shape index (κ1) is 15.4. The van der Waals surface area contributed by atoms with Gasteiger partial charge in [-0.15, -0.1) is 5.10 Å². The smallest absolute Gasteiger partial charge is 0.362 e. The number of nitrogens with one attached hydrogen (secondary N) is 1. The average Bonchev–Trinajstić information content (AvgIpc) is 2.83. The number of fused-ring (bicyclic) bond motifs is 1. The maximum atomic E-state index is 12.1. The van der Waals surface area contributed by atoms with E-state index in [2.05, 4.69) is 10.2 Å². The third kappa shape index (κ3) is 2.66. The fourth-order valence-electron chi connectivity index (χ4n) is 2.73. The topological polar surface area (TPSA) is 150 Å². The Kier molecular flexibility index (Phi) is 3.56. The first-order valence-electron chi connectivity index (χ1n) is 6.58. The number of amides is 2. The van der Waals surface area contributed by atoms with E-state index in [-0.39, 0.29) is 18.8 Å². The van der Waals surface area contributed by atoms with Crippen LogP contribution in [0.4, 0.5) is 0 Å². The molecule has 0 spiro atoms. The highest BCUT2D eigenvalue weighted by molar-refractivity contribution is 7.84. The van der Waals surface area contributed by atoms with Crippen LogP contribution in [-0.2, 0) is 19.9 Å². The molecule has 3 heterocycles. The molecule has 0 saturated carbocycles. The molecule has 11 nitrogen and oxygen atoms in total. The number of H-pyrrole nitrogens is 1. The van der Waals surface area contributed by atoms with Crippen LogP contribution in [-0.4, -0.2) is 69.4 Å². The van der Waals surface area contributed by atoms with E-state index in [1.807, 2.05) is 0 Å². The van der Waals surface area contributed by atoms with Crippen LogP contribution < -0.4 is 10.3 Å². The molecule has 124 valence electrons. The standard InChI is InChI=1S/C11H12N4O7S/c16-7-1-2-8(13-12-7)22-5-9(17)14-4-3-6-10(14)11(18)15(6)23(19,20)21/h1-2,6,10H,3-5H2,(H,12,16)(H,19,20,21)/t6-,10+/m1/s1. The van der Waals surface area contributed by atoms with Crippen LogP contribution in [0.2, 0.25) is 0 Å². The van der Waals surface area contributed by atoms with Crippen LogP contribution in [0.15, 0.2) is 16.9 Å². The van der Waals surface area contributed by atoms with Crippen molar-refractivity contribution < 1.29 is 27.3 Å². The third-order valence-corrected chi connectivity index (χ3v) is 4.65. The minimum absolute atomic E-state index is 0.0354. The molecule has 0 aromatic carbocycles. The molecule has 0 bridgehead atoms. The molecular weight excluding hydrogens is 332 g/mol. The van der Waals surface area contributed by atoms with Crippen LogP contribution in [0.3, 0.4) is 0 Å². The molecule has 23 heavy (non-hydrogen) atoms. The van der Waals surface area contributed by atoms with E-state index in [0.29, 0.717) is 4.31 Å². The number of carbonyl (C=O) groups is 2. The normalized spacial score (nSPS) is 23.4. The Morgan fingerprint density at radius 3 is 2.78 bits per heavy atom. The number of nitrogens with zero attached hydrogens (tertiary/aromatic N) is 3. The molecular formula is C11H12N4O7S. The van der Waals surface area contributed by atoms with Gasteiger partial charge in [-0.3, -0.25) is 18.9 Å². The third-order valence-electron chi connectivity index (χ3n) is 3.70. The number of carbonyl (C=O) groups excluding carboxylic acids is 2. The zero-order chi connectivity index (χ0) is 16.8. The first-order chi connectivity index (χ1) is 10.8. The van der Waals surface area contributed by atoms with Crippen molar-refractivity contribution in [2.45, 2.75) is 18.5 Å². The number of aromatic nitrogens is 2. The molecule has 2 atom stereocenters. The van der Waals surface area contributed by atoms with Crippen molar-refractivity contribution in [1.82, 2.24) is 19.4 Å². The molecule has 2 fully saturated rings. The zero-order valence-corrected chi connectivity index (χ0v) is 12.4. The van der Waals surface area contributed by atoms with Crippen LogP contribution in [0.1, 0.15) is 6.42 Å². The largest absolute Gasteiger partial charge is 0.467 e. The number of likely N-dealkylation sites (tertiary alicyclic amines) is 1. The molecule has 2 saturated heterocycles. The maximum Gasteiger partial charge on any atom is 0.362 e. The minimum Gasteiger partial charge on any atom is -0.467 e. The second-order valence-electron chi connectivity index (χ2n) is 5.05. The summed E-state index contributed by atoms with van der Waals surface area (Å²) in [6.45, 7) is -0.240. The summed E-state index contributed by atoms with van der Waals surface area (Å²) in [4.78, 5) is 36.0. The first-order valence-corrected chi connectivity index (χ1v) is 7.97. The second-order valence-corrected chi connectivity index (χ2v) is 6.34. The van der Waals surface area contributed by atoms with Crippen molar-refractivity contribution in [1.29, 1.82) is 0 Å². The van der Waals surface area contributed by atoms with E-state index in [9.17, 15) is 22.8 Å². The van der Waals surface area contributed by atoms with E-state index < -0.39 is 46.4 Å². The van der Waals surface area contributed by atoms with Crippen molar-refractivity contribution in [3.63, 3.8) is 0 Å². The van der Waals surface area contributed by atoms with Gasteiger partial charge in [0.25, 0.3) is 17.4 Å². The molecule has 2 N–H and O–H groups in total. The SMILES string of the molecule is O=C(COc1ccc(=O)[nH]n1)N1CC[C@@H]2[C@H]1C(=O)N2S(=O)(=O)O. The van der Waals surface area contributed by atoms with Crippen molar-refractivity contribution in [3.05, 3.63) is 22.5 Å². The van der Waals surface area contributed by atoms with Crippen LogP contribution in [0, 0.1) is 0 Å². The predicted molar refractivity (Wildman–Crippen MR) is 72.7 cm³/mol. The van der Waals surface area contributed by atoms with Gasteiger partial charge in [0.15, 0.2) is 6.61 Å². The summed E-state index contributed by atoms with van der Waals surface area (Å²) < 4.78 is 36.6. The molecule has 3 rings (SSSR count). The van der Waals surface area contributed by atoms with E-state index in [4.69, 9.17) is 9.29 Å². The Morgan fingerprint density at radius 1 is 1.43 bits per heavy atom. The summed E-state index contributed by atoms with van der Waals surface area (Å²) in [6.07, 6.45) is 0.249. The molecule has 2 amide bonds. The predicted octanol–water partition coefficient (Wildman–Crippen LogP) is -2.24. The number of aromatic amines is 1. The Labute approximate surface area is 129 Å². The van der Waals surface area contributed by atoms with Gasteiger partial charge in [0, 0.05) is 18.7 Å². The van der Waals surface area contributed by atoms with Crippen molar-refractivity contribution in [2.75, 3.05) is 13.2 Å². The van der Waals surface area contributed by atoms with Gasteiger partial charge in [-0.25, -0.2) is 9.40 Å². The highest BCUT2D eigenvalue weighted by Crippen LogP contribution is 2.35. The molecule has 0 unspecified atom stereocenters. The van der Waals surface area contributed by atoms with Gasteiger partial charge in [-0.2, -0.15) is 8.42 Å². The van der Waals surface area contributed by atoms with Gasteiger partial charge in [0.05, 0.1) is 6.04 Å². The summed E-state index contributed by atoms with van der Waals surface area (Å²) in [5.41, 5.74) is -0.420. The molecule has 0 radical (unpaired) electrons. The van der Waals surface area contributed by atoms with Gasteiger partial charge < -0.3 is 9.64 Å². The van der Waals surface area contributed by atoms with E-state index >= 15 is 0 Å². The zero-order valence-electron chi connectivity index (χ0n) is 11.6. The van der Waals surface area contributed by atoms with Crippen molar-refractivity contribution in [2.24, 2.45) is 0 Å². The second kappa shape index (κ2) is 5.31. The summed E-state index contributed by atoms with van der Waals surface area (Å²) >= 11 is 0. The Morgan fingerprint density at radius 2 is 2.17 bits per heavy atom. The van der Waals surface area contributed by atoms with Gasteiger partial charge in [-0.05, 0) is 6.42 Å². The molecule has 0 aliphatic carbocycles. The lowest BCUT2D eigenvalue weighted by Gasteiger charge is -2.42. The molecule has 1 aromatic rings. The lowest BCUT2D eigenvalue weighted by molar-refractivity contribution is -0.152. The van der Waals surface area contributed by atoms with Crippen LogP contribution >= 0.6 is 0 Å². The Bertz CT molecular complexity index is 799. The summed E-state index contributed by atoms with van der Waals surface area (Å²) in [7, 11) is -4.61. The number of ether oxygens (including phenoxy) is 1. The van der Waals surface area contributed by atoms with Gasteiger partial charge in [0.2, 0.25) is 5.88 Å². The summed E-state index contributed by atoms with van der Waals surface area (Å²) in [5.74, 6) is -1.33. The average molecular weight is 344 g/mol. The van der Waals surface area contributed by atoms with Gasteiger partial charge >= 0.3 is 10.3 Å². The Hall–Kier alpha value is -2.47. The fraction of sp³-hybridized carbons (Fsp3) is 0.455. The monoisotopic (exact) mass is 344 g/mol. The highest BCUT2D eigenvalue weighted by atomic mass is 32.2. The van der Waals surface area contributed by atoms with Crippen molar-refractivity contribution in [3.8, 4) is 5.88 Å². The number of hydrogen-bond donors (Lipinski definition) is 2. The number of hydrogen-bond acceptors (Lipinski definition) is 7. The summed E-state index contributed by atoms with van der Waals surface area (Å²) in [6, 6.07) is 0.815. The maximum absolute atomic E-state index is 12.1. The number of rotatable bonds is 4. The Balaban J connectivity index is 1.63. The van der Waals surface area contributed by atoms with Crippen LogP contribution in [0.5, 0.6) is 5.88 Å². The molecule has 2 aliphatic rings. The quantitative estimate of drug-likeness (QED) is 0.460. The lowest BCUT2D eigenvalue weighted by Crippen LogP contribution is -2.68. The van der Waals surface area contributed by atoms with Crippen molar-refractivity contribution >= 4 is 22.1 Å².